The molecule has 0 aliphatic rings. The Morgan fingerprint density at radius 1 is 1.26 bits per heavy atom. The zero-order valence-corrected chi connectivity index (χ0v) is 11.1. The third-order valence-electron chi connectivity index (χ3n) is 2.98. The Morgan fingerprint density at radius 2 is 1.95 bits per heavy atom. The number of aromatic nitrogens is 1. The van der Waals surface area contributed by atoms with Crippen LogP contribution >= 0.6 is 0 Å². The average molecular weight is 255 g/mol. The molecule has 0 saturated carbocycles. The molecule has 1 heterocycles. The van der Waals surface area contributed by atoms with Crippen molar-refractivity contribution in [2.24, 2.45) is 0 Å². The van der Waals surface area contributed by atoms with Gasteiger partial charge in [0.2, 0.25) is 0 Å². The molecule has 19 heavy (non-hydrogen) atoms. The van der Waals surface area contributed by atoms with Gasteiger partial charge in [0, 0.05) is 6.20 Å². The van der Waals surface area contributed by atoms with Crippen LogP contribution in [0.5, 0.6) is 0 Å². The molecule has 4 heteroatoms. The van der Waals surface area contributed by atoms with Crippen LogP contribution < -0.4 is 11.1 Å². The van der Waals surface area contributed by atoms with Crippen LogP contribution in [0.25, 0.3) is 0 Å². The normalized spacial score (nSPS) is 11.9. The highest BCUT2D eigenvalue weighted by Gasteiger charge is 2.14. The molecule has 0 aliphatic carbocycles. The van der Waals surface area contributed by atoms with Gasteiger partial charge in [-0.2, -0.15) is 0 Å². The van der Waals surface area contributed by atoms with Crippen LogP contribution in [0.2, 0.25) is 0 Å². The van der Waals surface area contributed by atoms with Crippen molar-refractivity contribution in [3.8, 4) is 0 Å². The molecule has 98 valence electrons. The Hall–Kier alpha value is -2.36. The molecule has 0 aliphatic heterocycles. The van der Waals surface area contributed by atoms with E-state index in [0.717, 1.165) is 5.56 Å². The summed E-state index contributed by atoms with van der Waals surface area (Å²) in [7, 11) is 0. The molecule has 0 saturated heterocycles. The summed E-state index contributed by atoms with van der Waals surface area (Å²) in [6.45, 7) is 3.96. The molecule has 0 radical (unpaired) electrons. The van der Waals surface area contributed by atoms with Crippen LogP contribution in [0.1, 0.15) is 34.6 Å². The second-order valence-electron chi connectivity index (χ2n) is 4.55. The minimum absolute atomic E-state index is 0.0884. The second kappa shape index (κ2) is 5.52. The number of rotatable bonds is 3. The van der Waals surface area contributed by atoms with Crippen molar-refractivity contribution in [1.29, 1.82) is 0 Å². The highest BCUT2D eigenvalue weighted by atomic mass is 16.1. The molecular weight excluding hydrogens is 238 g/mol. The minimum Gasteiger partial charge on any atom is -0.397 e. The molecule has 3 N–H and O–H groups in total. The molecule has 1 atom stereocenters. The van der Waals surface area contributed by atoms with Crippen molar-refractivity contribution in [2.75, 3.05) is 5.73 Å². The molecule has 0 fully saturated rings. The lowest BCUT2D eigenvalue weighted by Gasteiger charge is -2.14. The molecule has 1 aromatic carbocycles. The molecule has 1 aromatic heterocycles. The van der Waals surface area contributed by atoms with Crippen LogP contribution in [-0.4, -0.2) is 10.9 Å². The van der Waals surface area contributed by atoms with Crippen molar-refractivity contribution in [3.05, 3.63) is 59.4 Å². The Morgan fingerprint density at radius 3 is 2.58 bits per heavy atom. The number of pyridine rings is 1. The SMILES string of the molecule is Cc1ccc([C@@H](C)NC(=O)c2ncccc2N)cc1. The first-order chi connectivity index (χ1) is 9.08. The van der Waals surface area contributed by atoms with Crippen molar-refractivity contribution >= 4 is 11.6 Å². The number of hydrogen-bond acceptors (Lipinski definition) is 3. The van der Waals surface area contributed by atoms with Gasteiger partial charge in [-0.1, -0.05) is 29.8 Å². The lowest BCUT2D eigenvalue weighted by Crippen LogP contribution is -2.28. The smallest absolute Gasteiger partial charge is 0.272 e. The van der Waals surface area contributed by atoms with Gasteiger partial charge >= 0.3 is 0 Å². The fourth-order valence-electron chi connectivity index (χ4n) is 1.81. The first-order valence-electron chi connectivity index (χ1n) is 6.16. The van der Waals surface area contributed by atoms with Gasteiger partial charge in [0.25, 0.3) is 5.91 Å². The van der Waals surface area contributed by atoms with E-state index in [0.29, 0.717) is 5.69 Å². The fraction of sp³-hybridized carbons (Fsp3) is 0.200. The van der Waals surface area contributed by atoms with E-state index in [9.17, 15) is 4.79 Å². The Balaban J connectivity index is 2.11. The summed E-state index contributed by atoms with van der Waals surface area (Å²) in [5.74, 6) is -0.258. The largest absolute Gasteiger partial charge is 0.397 e. The molecule has 0 unspecified atom stereocenters. The fourth-order valence-corrected chi connectivity index (χ4v) is 1.81. The number of benzene rings is 1. The van der Waals surface area contributed by atoms with Gasteiger partial charge in [-0.05, 0) is 31.5 Å². The number of nitrogens with one attached hydrogen (secondary N) is 1. The molecule has 2 aromatic rings. The van der Waals surface area contributed by atoms with Gasteiger partial charge < -0.3 is 11.1 Å². The molecule has 0 bridgehead atoms. The van der Waals surface area contributed by atoms with Gasteiger partial charge in [0.1, 0.15) is 0 Å². The van der Waals surface area contributed by atoms with Crippen LogP contribution in [0, 0.1) is 6.92 Å². The summed E-state index contributed by atoms with van der Waals surface area (Å²) in [6.07, 6.45) is 1.56. The first kappa shape index (κ1) is 13.1. The third-order valence-corrected chi connectivity index (χ3v) is 2.98. The average Bonchev–Trinajstić information content (AvgIpc) is 2.39. The van der Waals surface area contributed by atoms with Crippen molar-refractivity contribution in [3.63, 3.8) is 0 Å². The van der Waals surface area contributed by atoms with E-state index in [-0.39, 0.29) is 17.6 Å². The summed E-state index contributed by atoms with van der Waals surface area (Å²) in [6, 6.07) is 11.3. The van der Waals surface area contributed by atoms with Crippen molar-refractivity contribution in [1.82, 2.24) is 10.3 Å². The number of carbonyl (C=O) groups excluding carboxylic acids is 1. The monoisotopic (exact) mass is 255 g/mol. The maximum Gasteiger partial charge on any atom is 0.272 e. The lowest BCUT2D eigenvalue weighted by molar-refractivity contribution is 0.0936. The standard InChI is InChI=1S/C15H17N3O/c1-10-5-7-12(8-6-10)11(2)18-15(19)14-13(16)4-3-9-17-14/h3-9,11H,16H2,1-2H3,(H,18,19)/t11-/m1/s1. The van der Waals surface area contributed by atoms with E-state index in [1.54, 1.807) is 18.3 Å². The van der Waals surface area contributed by atoms with E-state index >= 15 is 0 Å². The topological polar surface area (TPSA) is 68.0 Å². The quantitative estimate of drug-likeness (QED) is 0.885. The van der Waals surface area contributed by atoms with E-state index in [2.05, 4.69) is 10.3 Å². The summed E-state index contributed by atoms with van der Waals surface area (Å²) in [4.78, 5) is 16.1. The number of nitrogens with zero attached hydrogens (tertiary/aromatic N) is 1. The Labute approximate surface area is 112 Å². The Bertz CT molecular complexity index is 578. The van der Waals surface area contributed by atoms with Gasteiger partial charge in [0.05, 0.1) is 11.7 Å². The highest BCUT2D eigenvalue weighted by molar-refractivity contribution is 5.97. The number of nitrogens with two attached hydrogens (primary N) is 1. The zero-order chi connectivity index (χ0) is 13.8. The van der Waals surface area contributed by atoms with Gasteiger partial charge in [0.15, 0.2) is 5.69 Å². The molecule has 1 amide bonds. The Kier molecular flexibility index (Phi) is 3.80. The molecule has 4 nitrogen and oxygen atoms in total. The zero-order valence-electron chi connectivity index (χ0n) is 11.1. The first-order valence-corrected chi connectivity index (χ1v) is 6.16. The number of amides is 1. The summed E-state index contributed by atoms with van der Waals surface area (Å²) in [5.41, 5.74) is 8.62. The highest BCUT2D eigenvalue weighted by Crippen LogP contribution is 2.15. The maximum absolute atomic E-state index is 12.1. The number of aryl methyl sites for hydroxylation is 1. The minimum atomic E-state index is -0.258. The predicted molar refractivity (Wildman–Crippen MR) is 75.7 cm³/mol. The van der Waals surface area contributed by atoms with E-state index in [1.165, 1.54) is 5.56 Å². The maximum atomic E-state index is 12.1. The van der Waals surface area contributed by atoms with E-state index < -0.39 is 0 Å². The van der Waals surface area contributed by atoms with Gasteiger partial charge in [-0.3, -0.25) is 4.79 Å². The van der Waals surface area contributed by atoms with Gasteiger partial charge in [-0.15, -0.1) is 0 Å². The number of hydrogen-bond donors (Lipinski definition) is 2. The van der Waals surface area contributed by atoms with Crippen LogP contribution in [-0.2, 0) is 0 Å². The predicted octanol–water partition coefficient (Wildman–Crippen LogP) is 2.46. The molecule has 2 rings (SSSR count). The second-order valence-corrected chi connectivity index (χ2v) is 4.55. The van der Waals surface area contributed by atoms with Crippen LogP contribution in [0.4, 0.5) is 5.69 Å². The van der Waals surface area contributed by atoms with E-state index in [1.807, 2.05) is 38.1 Å². The van der Waals surface area contributed by atoms with Crippen LogP contribution in [0.3, 0.4) is 0 Å². The summed E-state index contributed by atoms with van der Waals surface area (Å²) < 4.78 is 0. The number of anilines is 1. The van der Waals surface area contributed by atoms with Gasteiger partial charge in [-0.25, -0.2) is 4.98 Å². The number of carbonyl (C=O) groups is 1. The van der Waals surface area contributed by atoms with Crippen LogP contribution in [0.15, 0.2) is 42.6 Å². The number of nitrogen functional groups attached to an aromatic ring is 1. The molecule has 0 spiro atoms. The lowest BCUT2D eigenvalue weighted by atomic mass is 10.1. The summed E-state index contributed by atoms with van der Waals surface area (Å²) >= 11 is 0. The summed E-state index contributed by atoms with van der Waals surface area (Å²) in [5, 5.41) is 2.89. The molecular formula is C15H17N3O. The van der Waals surface area contributed by atoms with E-state index in [4.69, 9.17) is 5.73 Å². The third kappa shape index (κ3) is 3.10. The van der Waals surface area contributed by atoms with Crippen molar-refractivity contribution in [2.45, 2.75) is 19.9 Å². The van der Waals surface area contributed by atoms with Crippen molar-refractivity contribution < 1.29 is 4.79 Å².